The van der Waals surface area contributed by atoms with Crippen molar-refractivity contribution in [2.24, 2.45) is 0 Å². The zero-order valence-electron chi connectivity index (χ0n) is 12.3. The number of hydrogen-bond donors (Lipinski definition) is 1. The second-order valence-corrected chi connectivity index (χ2v) is 6.88. The minimum Gasteiger partial charge on any atom is -0.352 e. The normalized spacial score (nSPS) is 21.5. The number of amides is 1. The van der Waals surface area contributed by atoms with Crippen molar-refractivity contribution >= 4 is 27.3 Å². The number of carbonyl (C=O) groups excluding carboxylic acids is 1. The number of hydrogen-bond acceptors (Lipinski definition) is 6. The molecule has 116 valence electrons. The number of nitrogens with one attached hydrogen (secondary N) is 1. The second-order valence-electron chi connectivity index (χ2n) is 5.95. The Balaban J connectivity index is 1.66. The summed E-state index contributed by atoms with van der Waals surface area (Å²) in [6, 6.07) is 1.65. The van der Waals surface area contributed by atoms with Crippen LogP contribution < -0.4 is 15.8 Å². The van der Waals surface area contributed by atoms with Crippen LogP contribution in [0.5, 0.6) is 0 Å². The van der Waals surface area contributed by atoms with Gasteiger partial charge in [0.15, 0.2) is 0 Å². The molecule has 2 aliphatic rings. The molecule has 2 aromatic rings. The summed E-state index contributed by atoms with van der Waals surface area (Å²) < 4.78 is 1.32. The first-order valence-electron chi connectivity index (χ1n) is 7.56. The lowest BCUT2D eigenvalue weighted by Crippen LogP contribution is -2.44. The Labute approximate surface area is 131 Å². The maximum Gasteiger partial charge on any atom is 0.275 e. The Morgan fingerprint density at radius 3 is 3.00 bits per heavy atom. The summed E-state index contributed by atoms with van der Waals surface area (Å²) in [5, 5.41) is 8.13. The topological polar surface area (TPSA) is 79.6 Å². The molecule has 2 fully saturated rings. The number of rotatable bonds is 3. The molecule has 0 radical (unpaired) electrons. The van der Waals surface area contributed by atoms with Gasteiger partial charge in [-0.25, -0.2) is 4.98 Å². The van der Waals surface area contributed by atoms with Crippen LogP contribution in [0.15, 0.2) is 10.9 Å². The summed E-state index contributed by atoms with van der Waals surface area (Å²) in [7, 11) is 0. The molecule has 7 nitrogen and oxygen atoms in total. The molecule has 0 aromatic carbocycles. The van der Waals surface area contributed by atoms with Gasteiger partial charge in [-0.1, -0.05) is 11.3 Å². The zero-order chi connectivity index (χ0) is 15.3. The molecule has 1 saturated heterocycles. The molecular weight excluding hydrogens is 302 g/mol. The van der Waals surface area contributed by atoms with Crippen LogP contribution in [-0.2, 0) is 4.79 Å². The number of carbonyl (C=O) groups is 1. The Morgan fingerprint density at radius 2 is 2.23 bits per heavy atom. The lowest BCUT2D eigenvalue weighted by molar-refractivity contribution is -0.122. The number of nitrogens with zero attached hydrogens (tertiary/aromatic N) is 4. The molecule has 2 aromatic heterocycles. The van der Waals surface area contributed by atoms with E-state index in [1.54, 1.807) is 6.92 Å². The van der Waals surface area contributed by atoms with Crippen LogP contribution in [0, 0.1) is 6.92 Å². The molecule has 1 saturated carbocycles. The summed E-state index contributed by atoms with van der Waals surface area (Å²) in [5.74, 6) is 0.0794. The fraction of sp³-hybridized carbons (Fsp3) is 0.571. The average molecular weight is 319 g/mol. The minimum absolute atomic E-state index is 0.0794. The molecule has 1 aliphatic heterocycles. The van der Waals surface area contributed by atoms with Crippen molar-refractivity contribution in [1.29, 1.82) is 0 Å². The van der Waals surface area contributed by atoms with Crippen molar-refractivity contribution in [3.8, 4) is 0 Å². The lowest BCUT2D eigenvalue weighted by Gasteiger charge is -2.22. The third-order valence-electron chi connectivity index (χ3n) is 4.09. The quantitative estimate of drug-likeness (QED) is 0.901. The van der Waals surface area contributed by atoms with E-state index in [9.17, 15) is 9.59 Å². The van der Waals surface area contributed by atoms with Crippen molar-refractivity contribution < 1.29 is 4.79 Å². The van der Waals surface area contributed by atoms with Crippen molar-refractivity contribution in [2.45, 2.75) is 44.7 Å². The van der Waals surface area contributed by atoms with Crippen LogP contribution in [0.4, 0.5) is 5.13 Å². The van der Waals surface area contributed by atoms with E-state index in [0.29, 0.717) is 21.8 Å². The lowest BCUT2D eigenvalue weighted by atomic mass is 10.2. The smallest absolute Gasteiger partial charge is 0.275 e. The van der Waals surface area contributed by atoms with E-state index in [0.717, 1.165) is 32.2 Å². The molecule has 3 heterocycles. The maximum atomic E-state index is 12.4. The van der Waals surface area contributed by atoms with Crippen LogP contribution in [0.3, 0.4) is 0 Å². The Hall–Kier alpha value is -1.96. The van der Waals surface area contributed by atoms with Crippen LogP contribution in [0.1, 0.15) is 31.4 Å². The van der Waals surface area contributed by atoms with Gasteiger partial charge >= 0.3 is 0 Å². The van der Waals surface area contributed by atoms with E-state index in [1.165, 1.54) is 21.9 Å². The van der Waals surface area contributed by atoms with Gasteiger partial charge in [0.2, 0.25) is 16.0 Å². The SMILES string of the molecule is Cc1cc(=O)n2nc(N3CCCC3C(=O)NC3CC3)sc2n1. The minimum atomic E-state index is -0.182. The molecule has 1 amide bonds. The summed E-state index contributed by atoms with van der Waals surface area (Å²) in [4.78, 5) is 31.3. The van der Waals surface area contributed by atoms with Crippen LogP contribution in [0.2, 0.25) is 0 Å². The highest BCUT2D eigenvalue weighted by atomic mass is 32.1. The number of aryl methyl sites for hydroxylation is 1. The van der Waals surface area contributed by atoms with Crippen LogP contribution in [0.25, 0.3) is 4.96 Å². The molecule has 0 bridgehead atoms. The fourth-order valence-electron chi connectivity index (χ4n) is 2.82. The van der Waals surface area contributed by atoms with Crippen molar-refractivity contribution in [3.63, 3.8) is 0 Å². The standard InChI is InChI=1S/C14H17N5O2S/c1-8-7-11(20)19-13(15-8)22-14(17-19)18-6-2-3-10(18)12(21)16-9-4-5-9/h7,9-10H,2-6H2,1H3,(H,16,21). The number of fused-ring (bicyclic) bond motifs is 1. The molecule has 0 spiro atoms. The summed E-state index contributed by atoms with van der Waals surface area (Å²) in [5.41, 5.74) is 0.507. The van der Waals surface area contributed by atoms with Gasteiger partial charge in [-0.3, -0.25) is 9.59 Å². The van der Waals surface area contributed by atoms with E-state index in [4.69, 9.17) is 0 Å². The van der Waals surface area contributed by atoms with Gasteiger partial charge in [-0.05, 0) is 32.6 Å². The molecule has 1 aliphatic carbocycles. The first-order valence-corrected chi connectivity index (χ1v) is 8.38. The first kappa shape index (κ1) is 13.7. The van der Waals surface area contributed by atoms with E-state index in [1.807, 2.05) is 4.90 Å². The third kappa shape index (κ3) is 2.37. The largest absolute Gasteiger partial charge is 0.352 e. The predicted octanol–water partition coefficient (Wildman–Crippen LogP) is 0.707. The number of anilines is 1. The van der Waals surface area contributed by atoms with Gasteiger partial charge in [0, 0.05) is 24.3 Å². The molecule has 4 rings (SSSR count). The fourth-order valence-corrected chi connectivity index (χ4v) is 3.85. The molecule has 1 N–H and O–H groups in total. The van der Waals surface area contributed by atoms with Crippen LogP contribution >= 0.6 is 11.3 Å². The van der Waals surface area contributed by atoms with Gasteiger partial charge in [0.05, 0.1) is 0 Å². The highest BCUT2D eigenvalue weighted by Gasteiger charge is 2.35. The van der Waals surface area contributed by atoms with Gasteiger partial charge in [0.1, 0.15) is 6.04 Å². The molecule has 22 heavy (non-hydrogen) atoms. The van der Waals surface area contributed by atoms with Crippen molar-refractivity contribution in [1.82, 2.24) is 19.9 Å². The third-order valence-corrected chi connectivity index (χ3v) is 5.03. The van der Waals surface area contributed by atoms with Crippen molar-refractivity contribution in [3.05, 3.63) is 22.1 Å². The average Bonchev–Trinajstić information content (AvgIpc) is 3.00. The highest BCUT2D eigenvalue weighted by molar-refractivity contribution is 7.20. The number of aromatic nitrogens is 3. The van der Waals surface area contributed by atoms with Crippen LogP contribution in [-0.4, -0.2) is 39.1 Å². The van der Waals surface area contributed by atoms with E-state index in [-0.39, 0.29) is 17.5 Å². The molecule has 1 atom stereocenters. The zero-order valence-corrected chi connectivity index (χ0v) is 13.1. The van der Waals surface area contributed by atoms with Gasteiger partial charge in [0.25, 0.3) is 5.56 Å². The summed E-state index contributed by atoms with van der Waals surface area (Å²) >= 11 is 1.37. The Bertz CT molecular complexity index is 794. The van der Waals surface area contributed by atoms with Crippen molar-refractivity contribution in [2.75, 3.05) is 11.4 Å². The van der Waals surface area contributed by atoms with E-state index < -0.39 is 0 Å². The molecule has 1 unspecified atom stereocenters. The monoisotopic (exact) mass is 319 g/mol. The Kier molecular flexibility index (Phi) is 3.14. The van der Waals surface area contributed by atoms with Gasteiger partial charge < -0.3 is 10.2 Å². The maximum absolute atomic E-state index is 12.4. The Morgan fingerprint density at radius 1 is 1.41 bits per heavy atom. The highest BCUT2D eigenvalue weighted by Crippen LogP contribution is 2.30. The second kappa shape index (κ2) is 5.05. The first-order chi connectivity index (χ1) is 10.6. The van der Waals surface area contributed by atoms with E-state index in [2.05, 4.69) is 15.4 Å². The molecule has 8 heteroatoms. The van der Waals surface area contributed by atoms with Gasteiger partial charge in [-0.2, -0.15) is 4.52 Å². The summed E-state index contributed by atoms with van der Waals surface area (Å²) in [6.07, 6.45) is 3.95. The molecular formula is C14H17N5O2S. The summed E-state index contributed by atoms with van der Waals surface area (Å²) in [6.45, 7) is 2.58. The predicted molar refractivity (Wildman–Crippen MR) is 83.4 cm³/mol. The van der Waals surface area contributed by atoms with Gasteiger partial charge in [-0.15, -0.1) is 5.10 Å². The van der Waals surface area contributed by atoms with E-state index >= 15 is 0 Å².